The maximum absolute atomic E-state index is 5.42. The number of nitrogens with one attached hydrogen (secondary N) is 1. The molecule has 0 radical (unpaired) electrons. The normalized spacial score (nSPS) is 10.2. The van der Waals surface area contributed by atoms with Crippen molar-refractivity contribution in [3.05, 3.63) is 25.3 Å². The van der Waals surface area contributed by atoms with Crippen LogP contribution in [0.1, 0.15) is 12.8 Å². The van der Waals surface area contributed by atoms with Crippen LogP contribution in [0.4, 0.5) is 5.95 Å². The van der Waals surface area contributed by atoms with E-state index in [-0.39, 0.29) is 17.9 Å². The lowest BCUT2D eigenvalue weighted by molar-refractivity contribution is 0.286. The van der Waals surface area contributed by atoms with Gasteiger partial charge in [-0.1, -0.05) is 6.08 Å². The van der Waals surface area contributed by atoms with Gasteiger partial charge >= 0.3 is 6.01 Å². The van der Waals surface area contributed by atoms with E-state index in [0.29, 0.717) is 6.61 Å². The zero-order chi connectivity index (χ0) is 13.5. The largest absolute Gasteiger partial charge is 0.463 e. The first-order valence-corrected chi connectivity index (χ1v) is 5.65. The molecule has 0 amide bonds. The summed E-state index contributed by atoms with van der Waals surface area (Å²) in [4.78, 5) is 16.0. The molecule has 0 saturated carbocycles. The molecule has 0 aromatic carbocycles. The van der Waals surface area contributed by atoms with Crippen molar-refractivity contribution < 1.29 is 4.74 Å². The van der Waals surface area contributed by atoms with Gasteiger partial charge < -0.3 is 4.74 Å². The fourth-order valence-electron chi connectivity index (χ4n) is 1.28. The molecular weight excluding hydrogens is 248 g/mol. The van der Waals surface area contributed by atoms with Crippen LogP contribution in [0, 0.1) is 0 Å². The van der Waals surface area contributed by atoms with E-state index >= 15 is 0 Å². The van der Waals surface area contributed by atoms with Gasteiger partial charge in [0.25, 0.3) is 5.95 Å². The number of unbranched alkanes of at least 4 members (excludes halogenated alkanes) is 1. The molecule has 3 N–H and O–H groups in total. The average Bonchev–Trinajstić information content (AvgIpc) is 2.97. The molecule has 100 valence electrons. The monoisotopic (exact) mass is 262 g/mol. The molecule has 0 unspecified atom stereocenters. The van der Waals surface area contributed by atoms with Crippen LogP contribution in [0.15, 0.2) is 25.3 Å². The highest BCUT2D eigenvalue weighted by molar-refractivity contribution is 5.27. The number of nitrogens with zero attached hydrogens (tertiary/aromatic N) is 6. The van der Waals surface area contributed by atoms with E-state index in [1.165, 1.54) is 17.3 Å². The van der Waals surface area contributed by atoms with E-state index in [4.69, 9.17) is 10.6 Å². The van der Waals surface area contributed by atoms with Gasteiger partial charge in [0.1, 0.15) is 12.7 Å². The standard InChI is InChI=1S/C10H14N8O/c1-2-3-4-5-19-10-15-8(17-11)14-9(16-10)18-7-12-6-13-18/h2,6-7H,1,3-5,11H2,(H,14,15,16,17). The maximum Gasteiger partial charge on any atom is 0.323 e. The molecule has 2 rings (SSSR count). The van der Waals surface area contributed by atoms with Crippen LogP contribution in [0.5, 0.6) is 6.01 Å². The fraction of sp³-hybridized carbons (Fsp3) is 0.300. The molecule has 2 aromatic rings. The number of allylic oxidation sites excluding steroid dienone is 1. The second-order valence-electron chi connectivity index (χ2n) is 3.51. The van der Waals surface area contributed by atoms with E-state index in [9.17, 15) is 0 Å². The highest BCUT2D eigenvalue weighted by atomic mass is 16.5. The van der Waals surface area contributed by atoms with E-state index < -0.39 is 0 Å². The van der Waals surface area contributed by atoms with Gasteiger partial charge in [0.05, 0.1) is 6.61 Å². The van der Waals surface area contributed by atoms with Crippen LogP contribution >= 0.6 is 0 Å². The van der Waals surface area contributed by atoms with Crippen LogP contribution in [0.3, 0.4) is 0 Å². The molecule has 0 saturated heterocycles. The van der Waals surface area contributed by atoms with Crippen molar-refractivity contribution in [2.45, 2.75) is 12.8 Å². The molecule has 9 nitrogen and oxygen atoms in total. The molecule has 2 heterocycles. The molecule has 9 heteroatoms. The molecule has 0 atom stereocenters. The Morgan fingerprint density at radius 3 is 3.00 bits per heavy atom. The molecular formula is C10H14N8O. The number of ether oxygens (including phenoxy) is 1. The molecule has 0 aliphatic heterocycles. The lowest BCUT2D eigenvalue weighted by Gasteiger charge is -2.07. The lowest BCUT2D eigenvalue weighted by Crippen LogP contribution is -2.15. The van der Waals surface area contributed by atoms with Crippen LogP contribution in [-0.4, -0.2) is 36.3 Å². The predicted molar refractivity (Wildman–Crippen MR) is 67.5 cm³/mol. The van der Waals surface area contributed by atoms with Crippen molar-refractivity contribution >= 4 is 5.95 Å². The second-order valence-corrected chi connectivity index (χ2v) is 3.51. The van der Waals surface area contributed by atoms with Gasteiger partial charge in [-0.3, -0.25) is 5.43 Å². The Morgan fingerprint density at radius 1 is 1.42 bits per heavy atom. The van der Waals surface area contributed by atoms with Gasteiger partial charge in [0, 0.05) is 0 Å². The number of anilines is 1. The van der Waals surface area contributed by atoms with Gasteiger partial charge in [0.2, 0.25) is 5.95 Å². The first-order valence-electron chi connectivity index (χ1n) is 5.65. The summed E-state index contributed by atoms with van der Waals surface area (Å²) in [5.74, 6) is 5.77. The van der Waals surface area contributed by atoms with E-state index in [2.05, 4.69) is 37.0 Å². The Bertz CT molecular complexity index is 526. The smallest absolute Gasteiger partial charge is 0.323 e. The summed E-state index contributed by atoms with van der Waals surface area (Å²) >= 11 is 0. The summed E-state index contributed by atoms with van der Waals surface area (Å²) in [6, 6.07) is 0.178. The summed E-state index contributed by atoms with van der Waals surface area (Å²) in [5, 5.41) is 3.93. The Morgan fingerprint density at radius 2 is 2.32 bits per heavy atom. The van der Waals surface area contributed by atoms with E-state index in [1.54, 1.807) is 0 Å². The summed E-state index contributed by atoms with van der Waals surface area (Å²) in [5.41, 5.74) is 2.35. The summed E-state index contributed by atoms with van der Waals surface area (Å²) < 4.78 is 6.81. The average molecular weight is 262 g/mol. The van der Waals surface area contributed by atoms with Crippen molar-refractivity contribution in [1.82, 2.24) is 29.7 Å². The Hall–Kier alpha value is -2.55. The third-order valence-electron chi connectivity index (χ3n) is 2.14. The predicted octanol–water partition coefficient (Wildman–Crippen LogP) is 0.0829. The van der Waals surface area contributed by atoms with Crippen molar-refractivity contribution in [2.24, 2.45) is 5.84 Å². The van der Waals surface area contributed by atoms with Crippen LogP contribution in [-0.2, 0) is 0 Å². The zero-order valence-electron chi connectivity index (χ0n) is 10.2. The minimum absolute atomic E-state index is 0.178. The molecule has 0 aliphatic rings. The number of hydrogen-bond acceptors (Lipinski definition) is 8. The van der Waals surface area contributed by atoms with Gasteiger partial charge in [0.15, 0.2) is 0 Å². The minimum atomic E-state index is 0.178. The minimum Gasteiger partial charge on any atom is -0.463 e. The quantitative estimate of drug-likeness (QED) is 0.312. The van der Waals surface area contributed by atoms with Crippen molar-refractivity contribution in [3.63, 3.8) is 0 Å². The lowest BCUT2D eigenvalue weighted by atomic mass is 10.3. The first-order chi connectivity index (χ1) is 9.33. The molecule has 0 spiro atoms. The molecule has 0 fully saturated rings. The number of hydrogen-bond donors (Lipinski definition) is 2. The summed E-state index contributed by atoms with van der Waals surface area (Å²) in [6.45, 7) is 4.12. The molecule has 0 aliphatic carbocycles. The molecule has 2 aromatic heterocycles. The Labute approximate surface area is 109 Å². The number of hydrazine groups is 1. The number of nitrogen functional groups attached to an aromatic ring is 1. The van der Waals surface area contributed by atoms with Crippen molar-refractivity contribution in [2.75, 3.05) is 12.0 Å². The third-order valence-corrected chi connectivity index (χ3v) is 2.14. The third kappa shape index (κ3) is 3.45. The maximum atomic E-state index is 5.42. The molecule has 19 heavy (non-hydrogen) atoms. The first kappa shape index (κ1) is 12.9. The Kier molecular flexibility index (Phi) is 4.34. The van der Waals surface area contributed by atoms with E-state index in [0.717, 1.165) is 12.8 Å². The van der Waals surface area contributed by atoms with Gasteiger partial charge in [-0.2, -0.15) is 24.7 Å². The zero-order valence-corrected chi connectivity index (χ0v) is 10.2. The van der Waals surface area contributed by atoms with Crippen molar-refractivity contribution in [1.29, 1.82) is 0 Å². The van der Waals surface area contributed by atoms with E-state index in [1.807, 2.05) is 6.08 Å². The number of nitrogens with two attached hydrogens (primary N) is 1. The fourth-order valence-corrected chi connectivity index (χ4v) is 1.28. The topological polar surface area (TPSA) is 117 Å². The number of rotatable bonds is 7. The summed E-state index contributed by atoms with van der Waals surface area (Å²) in [6.07, 6.45) is 6.37. The van der Waals surface area contributed by atoms with Gasteiger partial charge in [-0.15, -0.1) is 6.58 Å². The second kappa shape index (κ2) is 6.40. The van der Waals surface area contributed by atoms with Crippen LogP contribution < -0.4 is 16.0 Å². The van der Waals surface area contributed by atoms with Gasteiger partial charge in [-0.25, -0.2) is 10.8 Å². The van der Waals surface area contributed by atoms with Gasteiger partial charge in [-0.05, 0) is 12.8 Å². The van der Waals surface area contributed by atoms with Crippen LogP contribution in [0.25, 0.3) is 5.95 Å². The highest BCUT2D eigenvalue weighted by Crippen LogP contribution is 2.09. The molecule has 0 bridgehead atoms. The van der Waals surface area contributed by atoms with Crippen molar-refractivity contribution in [3.8, 4) is 12.0 Å². The number of aromatic nitrogens is 6. The Balaban J connectivity index is 2.14. The van der Waals surface area contributed by atoms with Crippen LogP contribution in [0.2, 0.25) is 0 Å². The summed E-state index contributed by atoms with van der Waals surface area (Å²) in [7, 11) is 0. The highest BCUT2D eigenvalue weighted by Gasteiger charge is 2.08. The SMILES string of the molecule is C=CCCCOc1nc(NN)nc(-n2cncn2)n1.